The summed E-state index contributed by atoms with van der Waals surface area (Å²) in [6, 6.07) is 15.6. The Kier molecular flexibility index (Phi) is 6.02. The normalized spacial score (nSPS) is 10.7. The van der Waals surface area contributed by atoms with Crippen molar-refractivity contribution in [1.82, 2.24) is 5.43 Å². The number of hydrogen-bond donors (Lipinski definition) is 1. The van der Waals surface area contributed by atoms with E-state index in [1.54, 1.807) is 49.4 Å². The second kappa shape index (κ2) is 8.63. The Morgan fingerprint density at radius 3 is 2.48 bits per heavy atom. The minimum atomic E-state index is -0.413. The first-order chi connectivity index (χ1) is 13.0. The monoisotopic (exact) mass is 474 g/mol. The van der Waals surface area contributed by atoms with Crippen molar-refractivity contribution in [3.05, 3.63) is 86.9 Å². The minimum Gasteiger partial charge on any atom is -0.469 e. The highest BCUT2D eigenvalue weighted by Gasteiger charge is 2.12. The Labute approximate surface area is 169 Å². The van der Waals surface area contributed by atoms with Crippen molar-refractivity contribution in [2.45, 2.75) is 6.92 Å². The average Bonchev–Trinajstić information content (AvgIpc) is 3.09. The van der Waals surface area contributed by atoms with E-state index in [-0.39, 0.29) is 5.91 Å². The van der Waals surface area contributed by atoms with Gasteiger partial charge in [0.25, 0.3) is 5.91 Å². The zero-order chi connectivity index (χ0) is 19.2. The molecular weight excluding hydrogens is 459 g/mol. The molecule has 136 valence electrons. The molecule has 7 heteroatoms. The maximum absolute atomic E-state index is 12.2. The summed E-state index contributed by atoms with van der Waals surface area (Å²) in [4.78, 5) is 24.1. The second-order valence-electron chi connectivity index (χ2n) is 5.53. The molecule has 1 amide bonds. The number of hydrazone groups is 1. The fourth-order valence-electron chi connectivity index (χ4n) is 2.26. The number of benzene rings is 2. The Balaban J connectivity index is 1.59. The van der Waals surface area contributed by atoms with E-state index in [1.807, 2.05) is 12.1 Å². The number of ether oxygens (including phenoxy) is 1. The number of nitrogens with one attached hydrogen (secondary N) is 1. The summed E-state index contributed by atoms with van der Waals surface area (Å²) in [5, 5.41) is 3.91. The van der Waals surface area contributed by atoms with Crippen LogP contribution in [0.3, 0.4) is 0 Å². The van der Waals surface area contributed by atoms with E-state index in [2.05, 4.69) is 33.1 Å². The number of hydrogen-bond acceptors (Lipinski definition) is 5. The summed E-state index contributed by atoms with van der Waals surface area (Å²) in [6.07, 6.45) is 2.95. The summed E-state index contributed by atoms with van der Waals surface area (Å²) in [7, 11) is 0. The lowest BCUT2D eigenvalue weighted by Gasteiger charge is -2.06. The molecule has 1 aromatic heterocycles. The molecule has 1 N–H and O–H groups in total. The predicted octanol–water partition coefficient (Wildman–Crippen LogP) is 4.18. The van der Waals surface area contributed by atoms with Crippen LogP contribution in [0.15, 0.2) is 70.4 Å². The molecule has 0 aliphatic heterocycles. The lowest BCUT2D eigenvalue weighted by atomic mass is 10.2. The summed E-state index contributed by atoms with van der Waals surface area (Å²) < 4.78 is 11.3. The van der Waals surface area contributed by atoms with E-state index in [0.29, 0.717) is 22.6 Å². The zero-order valence-corrected chi connectivity index (χ0v) is 16.5. The Bertz CT molecular complexity index is 993. The molecule has 0 aliphatic carbocycles. The lowest BCUT2D eigenvalue weighted by Crippen LogP contribution is -2.17. The highest BCUT2D eigenvalue weighted by atomic mass is 127. The highest BCUT2D eigenvalue weighted by Crippen LogP contribution is 2.17. The number of nitrogens with zero attached hydrogens (tertiary/aromatic N) is 1. The van der Waals surface area contributed by atoms with Crippen LogP contribution >= 0.6 is 22.6 Å². The summed E-state index contributed by atoms with van der Waals surface area (Å²) in [5.74, 6) is 0.196. The molecular formula is C20H15IN2O4. The lowest BCUT2D eigenvalue weighted by molar-refractivity contribution is 0.0733. The van der Waals surface area contributed by atoms with Crippen LogP contribution in [0.5, 0.6) is 5.75 Å². The van der Waals surface area contributed by atoms with E-state index in [4.69, 9.17) is 9.15 Å². The average molecular weight is 474 g/mol. The number of carbonyl (C=O) groups excluding carboxylic acids is 2. The van der Waals surface area contributed by atoms with E-state index in [1.165, 1.54) is 12.5 Å². The molecule has 2 aromatic carbocycles. The number of halogens is 1. The van der Waals surface area contributed by atoms with Gasteiger partial charge in [0.2, 0.25) is 0 Å². The third-order valence-electron chi connectivity index (χ3n) is 3.67. The molecule has 0 unspecified atom stereocenters. The maximum atomic E-state index is 12.2. The summed E-state index contributed by atoms with van der Waals surface area (Å²) >= 11 is 2.09. The van der Waals surface area contributed by atoms with Crippen LogP contribution in [0.1, 0.15) is 32.0 Å². The number of furan rings is 1. The van der Waals surface area contributed by atoms with Crippen molar-refractivity contribution < 1.29 is 18.7 Å². The number of carbonyl (C=O) groups is 2. The van der Waals surface area contributed by atoms with E-state index in [0.717, 1.165) is 9.13 Å². The molecule has 0 spiro atoms. The third kappa shape index (κ3) is 4.82. The van der Waals surface area contributed by atoms with E-state index >= 15 is 0 Å². The molecule has 0 fully saturated rings. The molecule has 3 rings (SSSR count). The first kappa shape index (κ1) is 18.8. The highest BCUT2D eigenvalue weighted by molar-refractivity contribution is 14.1. The van der Waals surface area contributed by atoms with Gasteiger partial charge >= 0.3 is 5.97 Å². The van der Waals surface area contributed by atoms with Gasteiger partial charge in [-0.1, -0.05) is 12.1 Å². The van der Waals surface area contributed by atoms with Crippen molar-refractivity contribution >= 4 is 40.7 Å². The van der Waals surface area contributed by atoms with Gasteiger partial charge in [0.1, 0.15) is 11.5 Å². The van der Waals surface area contributed by atoms with Crippen molar-refractivity contribution in [1.29, 1.82) is 0 Å². The zero-order valence-electron chi connectivity index (χ0n) is 14.3. The van der Waals surface area contributed by atoms with Crippen LogP contribution < -0.4 is 10.2 Å². The second-order valence-corrected chi connectivity index (χ2v) is 6.69. The van der Waals surface area contributed by atoms with Gasteiger partial charge in [0, 0.05) is 3.57 Å². The first-order valence-corrected chi connectivity index (χ1v) is 9.07. The number of rotatable bonds is 5. The van der Waals surface area contributed by atoms with Crippen molar-refractivity contribution in [2.24, 2.45) is 5.10 Å². The summed E-state index contributed by atoms with van der Waals surface area (Å²) in [5.41, 5.74) is 4.13. The Hall–Kier alpha value is -2.94. The van der Waals surface area contributed by atoms with Gasteiger partial charge < -0.3 is 9.15 Å². The molecule has 0 saturated carbocycles. The molecule has 3 aromatic rings. The van der Waals surface area contributed by atoms with Crippen LogP contribution in [0, 0.1) is 10.5 Å². The molecule has 0 radical (unpaired) electrons. The van der Waals surface area contributed by atoms with Crippen LogP contribution in [-0.2, 0) is 0 Å². The van der Waals surface area contributed by atoms with Gasteiger partial charge in [-0.15, -0.1) is 0 Å². The fourth-order valence-corrected chi connectivity index (χ4v) is 2.86. The standard InChI is InChI=1S/C20H15IN2O4/c1-13-16(10-11-26-13)19(24)23-22-12-14-6-8-15(9-7-14)27-20(25)17-4-2-3-5-18(17)21/h2-12H,1H3,(H,23,24). The molecule has 6 nitrogen and oxygen atoms in total. The quantitative estimate of drug-likeness (QED) is 0.198. The molecule has 1 heterocycles. The van der Waals surface area contributed by atoms with Gasteiger partial charge in [-0.3, -0.25) is 4.79 Å². The van der Waals surface area contributed by atoms with Crippen LogP contribution in [0.25, 0.3) is 0 Å². The first-order valence-electron chi connectivity index (χ1n) is 7.99. The number of aryl methyl sites for hydroxylation is 1. The molecule has 0 aliphatic rings. The largest absolute Gasteiger partial charge is 0.469 e. The Morgan fingerprint density at radius 2 is 1.81 bits per heavy atom. The van der Waals surface area contributed by atoms with E-state index < -0.39 is 5.97 Å². The number of amides is 1. The summed E-state index contributed by atoms with van der Waals surface area (Å²) in [6.45, 7) is 1.70. The van der Waals surface area contributed by atoms with Gasteiger partial charge in [0.05, 0.1) is 23.6 Å². The minimum absolute atomic E-state index is 0.347. The topological polar surface area (TPSA) is 80.9 Å². The SMILES string of the molecule is Cc1occc1C(=O)NN=Cc1ccc(OC(=O)c2ccccc2I)cc1. The fraction of sp³-hybridized carbons (Fsp3) is 0.0500. The Morgan fingerprint density at radius 1 is 1.07 bits per heavy atom. The molecule has 0 bridgehead atoms. The smallest absolute Gasteiger partial charge is 0.344 e. The van der Waals surface area contributed by atoms with Gasteiger partial charge in [-0.25, -0.2) is 10.2 Å². The molecule has 0 atom stereocenters. The third-order valence-corrected chi connectivity index (χ3v) is 4.61. The maximum Gasteiger partial charge on any atom is 0.344 e. The van der Waals surface area contributed by atoms with Crippen molar-refractivity contribution in [3.63, 3.8) is 0 Å². The molecule has 27 heavy (non-hydrogen) atoms. The van der Waals surface area contributed by atoms with Crippen LogP contribution in [0.2, 0.25) is 0 Å². The predicted molar refractivity (Wildman–Crippen MR) is 109 cm³/mol. The van der Waals surface area contributed by atoms with Crippen LogP contribution in [-0.4, -0.2) is 18.1 Å². The molecule has 0 saturated heterocycles. The van der Waals surface area contributed by atoms with Crippen LogP contribution in [0.4, 0.5) is 0 Å². The van der Waals surface area contributed by atoms with Crippen molar-refractivity contribution in [2.75, 3.05) is 0 Å². The van der Waals surface area contributed by atoms with Crippen molar-refractivity contribution in [3.8, 4) is 5.75 Å². The van der Waals surface area contributed by atoms with E-state index in [9.17, 15) is 9.59 Å². The van der Waals surface area contributed by atoms with Gasteiger partial charge in [-0.05, 0) is 77.5 Å². The van der Waals surface area contributed by atoms with Gasteiger partial charge in [0.15, 0.2) is 0 Å². The number of esters is 1. The van der Waals surface area contributed by atoms with Gasteiger partial charge in [-0.2, -0.15) is 5.10 Å².